The number of thiazole rings is 1. The van der Waals surface area contributed by atoms with Gasteiger partial charge in [-0.1, -0.05) is 0 Å². The van der Waals surface area contributed by atoms with E-state index in [1.807, 2.05) is 20.8 Å². The van der Waals surface area contributed by atoms with E-state index in [9.17, 15) is 9.59 Å². The Balaban J connectivity index is 2.12. The summed E-state index contributed by atoms with van der Waals surface area (Å²) >= 11 is 1.08. The lowest BCUT2D eigenvalue weighted by Crippen LogP contribution is -2.26. The minimum atomic E-state index is -1.00. The van der Waals surface area contributed by atoms with E-state index in [1.165, 1.54) is 6.20 Å². The molecule has 23 heavy (non-hydrogen) atoms. The predicted molar refractivity (Wildman–Crippen MR) is 86.9 cm³/mol. The number of carbonyl (C=O) groups is 2. The first-order valence-corrected chi connectivity index (χ1v) is 7.98. The van der Waals surface area contributed by atoms with Crippen molar-refractivity contribution in [1.82, 2.24) is 20.1 Å². The Morgan fingerprint density at radius 1 is 1.39 bits per heavy atom. The molecule has 0 spiro atoms. The van der Waals surface area contributed by atoms with E-state index < -0.39 is 5.97 Å². The molecule has 1 unspecified atom stereocenters. The fourth-order valence-electron chi connectivity index (χ4n) is 1.95. The van der Waals surface area contributed by atoms with E-state index in [0.717, 1.165) is 11.3 Å². The summed E-state index contributed by atoms with van der Waals surface area (Å²) in [7, 11) is 0. The Labute approximate surface area is 138 Å². The van der Waals surface area contributed by atoms with Gasteiger partial charge in [-0.2, -0.15) is 5.10 Å². The first kappa shape index (κ1) is 17.1. The molecule has 0 radical (unpaired) electrons. The molecule has 0 aliphatic heterocycles. The SMILES string of the molecule is Cc1nc(C(C)NC(=O)c2cnn(C(C)(C)C)c2)sc1C(=O)O. The molecule has 0 saturated heterocycles. The average Bonchev–Trinajstić information content (AvgIpc) is 3.04. The van der Waals surface area contributed by atoms with E-state index in [-0.39, 0.29) is 22.4 Å². The van der Waals surface area contributed by atoms with Crippen LogP contribution in [-0.2, 0) is 5.54 Å². The van der Waals surface area contributed by atoms with Crippen LogP contribution in [-0.4, -0.2) is 31.7 Å². The van der Waals surface area contributed by atoms with Crippen molar-refractivity contribution in [2.24, 2.45) is 0 Å². The van der Waals surface area contributed by atoms with E-state index >= 15 is 0 Å². The first-order chi connectivity index (χ1) is 10.6. The third kappa shape index (κ3) is 3.76. The Hall–Kier alpha value is -2.22. The highest BCUT2D eigenvalue weighted by Crippen LogP contribution is 2.24. The number of carboxylic acid groups (broad SMARTS) is 1. The summed E-state index contributed by atoms with van der Waals surface area (Å²) in [4.78, 5) is 27.8. The van der Waals surface area contributed by atoms with E-state index in [1.54, 1.807) is 24.7 Å². The lowest BCUT2D eigenvalue weighted by molar-refractivity contribution is 0.0701. The summed E-state index contributed by atoms with van der Waals surface area (Å²) in [5.41, 5.74) is 0.713. The largest absolute Gasteiger partial charge is 0.477 e. The lowest BCUT2D eigenvalue weighted by atomic mass is 10.1. The van der Waals surface area contributed by atoms with Crippen LogP contribution >= 0.6 is 11.3 Å². The molecule has 7 nitrogen and oxygen atoms in total. The molecule has 0 aliphatic carbocycles. The van der Waals surface area contributed by atoms with Gasteiger partial charge in [-0.05, 0) is 34.6 Å². The summed E-state index contributed by atoms with van der Waals surface area (Å²) in [6.45, 7) is 9.41. The van der Waals surface area contributed by atoms with Gasteiger partial charge in [0, 0.05) is 6.20 Å². The van der Waals surface area contributed by atoms with Gasteiger partial charge in [0.25, 0.3) is 5.91 Å². The smallest absolute Gasteiger partial charge is 0.347 e. The van der Waals surface area contributed by atoms with Crippen LogP contribution in [0.4, 0.5) is 0 Å². The molecule has 0 fully saturated rings. The van der Waals surface area contributed by atoms with Crippen molar-refractivity contribution in [3.63, 3.8) is 0 Å². The maximum Gasteiger partial charge on any atom is 0.347 e. The second kappa shape index (κ2) is 6.11. The van der Waals surface area contributed by atoms with Crippen LogP contribution in [0.2, 0.25) is 0 Å². The van der Waals surface area contributed by atoms with Crippen LogP contribution in [0.1, 0.15) is 64.5 Å². The molecule has 0 bridgehead atoms. The number of rotatable bonds is 4. The summed E-state index contributed by atoms with van der Waals surface area (Å²) in [6, 6.07) is -0.378. The molecule has 0 aromatic carbocycles. The van der Waals surface area contributed by atoms with Crippen LogP contribution in [0.15, 0.2) is 12.4 Å². The van der Waals surface area contributed by atoms with Gasteiger partial charge >= 0.3 is 5.97 Å². The average molecular weight is 336 g/mol. The van der Waals surface area contributed by atoms with Gasteiger partial charge in [0.2, 0.25) is 0 Å². The highest BCUT2D eigenvalue weighted by Gasteiger charge is 2.21. The Bertz CT molecular complexity index is 742. The van der Waals surface area contributed by atoms with Crippen LogP contribution in [0, 0.1) is 6.92 Å². The van der Waals surface area contributed by atoms with Crippen molar-refractivity contribution in [3.8, 4) is 0 Å². The molecule has 2 heterocycles. The fourth-order valence-corrected chi connectivity index (χ4v) is 2.86. The number of amides is 1. The number of hydrogen-bond donors (Lipinski definition) is 2. The van der Waals surface area contributed by atoms with Crippen molar-refractivity contribution in [2.75, 3.05) is 0 Å². The second-order valence-electron chi connectivity index (χ2n) is 6.31. The van der Waals surface area contributed by atoms with Crippen molar-refractivity contribution in [3.05, 3.63) is 33.5 Å². The highest BCUT2D eigenvalue weighted by molar-refractivity contribution is 7.13. The Morgan fingerprint density at radius 3 is 2.52 bits per heavy atom. The van der Waals surface area contributed by atoms with Crippen molar-refractivity contribution < 1.29 is 14.7 Å². The number of hydrogen-bond acceptors (Lipinski definition) is 5. The zero-order valence-corrected chi connectivity index (χ0v) is 14.6. The molecular formula is C15H20N4O3S. The molecule has 0 saturated carbocycles. The number of carboxylic acids is 1. The van der Waals surface area contributed by atoms with Gasteiger partial charge in [0.15, 0.2) is 0 Å². The van der Waals surface area contributed by atoms with Crippen LogP contribution in [0.5, 0.6) is 0 Å². The van der Waals surface area contributed by atoms with E-state index in [4.69, 9.17) is 5.11 Å². The van der Waals surface area contributed by atoms with Crippen LogP contribution < -0.4 is 5.32 Å². The third-order valence-electron chi connectivity index (χ3n) is 3.26. The molecule has 8 heteroatoms. The number of nitrogens with one attached hydrogen (secondary N) is 1. The topological polar surface area (TPSA) is 97.1 Å². The maximum atomic E-state index is 12.3. The number of nitrogens with zero attached hydrogens (tertiary/aromatic N) is 3. The summed E-state index contributed by atoms with van der Waals surface area (Å²) in [6.07, 6.45) is 3.21. The van der Waals surface area contributed by atoms with Crippen molar-refractivity contribution in [1.29, 1.82) is 0 Å². The molecule has 2 aromatic rings. The standard InChI is InChI=1S/C15H20N4O3S/c1-8-11(14(21)22)23-13(18-8)9(2)17-12(20)10-6-16-19(7-10)15(3,4)5/h6-7,9H,1-5H3,(H,17,20)(H,21,22). The molecule has 1 atom stereocenters. The first-order valence-electron chi connectivity index (χ1n) is 7.16. The lowest BCUT2D eigenvalue weighted by Gasteiger charge is -2.18. The fraction of sp³-hybridized carbons (Fsp3) is 0.467. The normalized spacial score (nSPS) is 12.9. The highest BCUT2D eigenvalue weighted by atomic mass is 32.1. The zero-order valence-electron chi connectivity index (χ0n) is 13.7. The minimum Gasteiger partial charge on any atom is -0.477 e. The third-order valence-corrected chi connectivity index (χ3v) is 4.59. The molecule has 2 rings (SSSR count). The van der Waals surface area contributed by atoms with Crippen molar-refractivity contribution in [2.45, 2.75) is 46.2 Å². The zero-order chi connectivity index (χ0) is 17.4. The van der Waals surface area contributed by atoms with Crippen LogP contribution in [0.25, 0.3) is 0 Å². The number of carbonyl (C=O) groups excluding carboxylic acids is 1. The van der Waals surface area contributed by atoms with E-state index in [0.29, 0.717) is 16.3 Å². The van der Waals surface area contributed by atoms with Gasteiger partial charge in [-0.15, -0.1) is 11.3 Å². The number of aromatic nitrogens is 3. The molecule has 2 aromatic heterocycles. The van der Waals surface area contributed by atoms with Gasteiger partial charge in [0.1, 0.15) is 9.88 Å². The van der Waals surface area contributed by atoms with Crippen molar-refractivity contribution >= 4 is 23.2 Å². The molecular weight excluding hydrogens is 316 g/mol. The Morgan fingerprint density at radius 2 is 2.04 bits per heavy atom. The monoisotopic (exact) mass is 336 g/mol. The summed E-state index contributed by atoms with van der Waals surface area (Å²) < 4.78 is 1.72. The maximum absolute atomic E-state index is 12.3. The second-order valence-corrected chi connectivity index (χ2v) is 7.34. The van der Waals surface area contributed by atoms with Gasteiger partial charge < -0.3 is 10.4 Å². The molecule has 1 amide bonds. The van der Waals surface area contributed by atoms with Gasteiger partial charge in [-0.3, -0.25) is 9.48 Å². The molecule has 0 aliphatic rings. The number of aromatic carboxylic acids is 1. The summed E-state index contributed by atoms with van der Waals surface area (Å²) in [5, 5.41) is 16.7. The minimum absolute atomic E-state index is 0.196. The number of aryl methyl sites for hydroxylation is 1. The van der Waals surface area contributed by atoms with Gasteiger partial charge in [-0.25, -0.2) is 9.78 Å². The van der Waals surface area contributed by atoms with E-state index in [2.05, 4.69) is 15.4 Å². The molecule has 2 N–H and O–H groups in total. The van der Waals surface area contributed by atoms with Gasteiger partial charge in [0.05, 0.1) is 29.0 Å². The molecule has 124 valence electrons. The Kier molecular flexibility index (Phi) is 4.56. The predicted octanol–water partition coefficient (Wildman–Crippen LogP) is 2.59. The quantitative estimate of drug-likeness (QED) is 0.894. The summed E-state index contributed by atoms with van der Waals surface area (Å²) in [5.74, 6) is -1.27. The van der Waals surface area contributed by atoms with Crippen LogP contribution in [0.3, 0.4) is 0 Å².